The fourth-order valence-electron chi connectivity index (χ4n) is 0. The molecule has 0 aromatic rings. The molecule has 0 saturated carbocycles. The van der Waals surface area contributed by atoms with Gasteiger partial charge in [0.15, 0.2) is 0 Å². The summed E-state index contributed by atoms with van der Waals surface area (Å²) in [6, 6.07) is 0. The Balaban J connectivity index is 1.97. The fourth-order valence-corrected chi connectivity index (χ4v) is 0. The lowest BCUT2D eigenvalue weighted by molar-refractivity contribution is 0.579. The largest absolute Gasteiger partial charge is 0.257 e. The SMILES string of the molecule is NNNN. The van der Waals surface area contributed by atoms with Gasteiger partial charge >= 0.3 is 0 Å². The maximum Gasteiger partial charge on any atom is -0.183 e. The Kier molecular flexibility index (Phi) is 2.73. The van der Waals surface area contributed by atoms with Crippen LogP contribution < -0.4 is 22.8 Å². The molecule has 0 unspecified atom stereocenters. The van der Waals surface area contributed by atoms with Gasteiger partial charge in [0.2, 0.25) is 0 Å². The van der Waals surface area contributed by atoms with E-state index < -0.39 is 0 Å². The predicted octanol–water partition coefficient (Wildman–Crippen LogP) is -2.17. The van der Waals surface area contributed by atoms with Crippen LogP contribution in [0.3, 0.4) is 0 Å². The second kappa shape index (κ2) is 2.84. The summed E-state index contributed by atoms with van der Waals surface area (Å²) in [7, 11) is 0. The molecule has 0 heterocycles. The molecular formula is H6N4. The zero-order valence-electron chi connectivity index (χ0n) is 2.15. The van der Waals surface area contributed by atoms with Crippen LogP contribution in [0.15, 0.2) is 0 Å². The number of rotatable bonds is 1. The minimum atomic E-state index is 1.96. The summed E-state index contributed by atoms with van der Waals surface area (Å²) in [5.74, 6) is 9.08. The Hall–Kier alpha value is -0.160. The van der Waals surface area contributed by atoms with Crippen LogP contribution >= 0.6 is 0 Å². The van der Waals surface area contributed by atoms with E-state index in [9.17, 15) is 0 Å². The van der Waals surface area contributed by atoms with Crippen LogP contribution in [-0.2, 0) is 0 Å². The first-order valence-electron chi connectivity index (χ1n) is 0.827. The Bertz CT molecular complexity index is 2.00. The molecule has 26 valence electrons. The monoisotopic (exact) mass is 62.1 g/mol. The number of nitrogens with one attached hydrogen (secondary N) is 2. The van der Waals surface area contributed by atoms with Gasteiger partial charge < -0.3 is 0 Å². The second-order valence-corrected chi connectivity index (χ2v) is 0.289. The van der Waals surface area contributed by atoms with E-state index in [1.54, 1.807) is 0 Å². The van der Waals surface area contributed by atoms with Gasteiger partial charge in [0.05, 0.1) is 0 Å². The van der Waals surface area contributed by atoms with Crippen molar-refractivity contribution >= 4 is 0 Å². The van der Waals surface area contributed by atoms with Crippen molar-refractivity contribution in [2.24, 2.45) is 11.7 Å². The van der Waals surface area contributed by atoms with Gasteiger partial charge in [0, 0.05) is 0 Å². The molecule has 0 aromatic heterocycles. The van der Waals surface area contributed by atoms with Gasteiger partial charge in [-0.3, -0.25) is 11.7 Å². The maximum atomic E-state index is 4.54. The van der Waals surface area contributed by atoms with Crippen LogP contribution in [0.4, 0.5) is 0 Å². The van der Waals surface area contributed by atoms with Gasteiger partial charge in [0.1, 0.15) is 0 Å². The van der Waals surface area contributed by atoms with E-state index in [2.05, 4.69) is 11.7 Å². The van der Waals surface area contributed by atoms with Crippen LogP contribution in [0.5, 0.6) is 0 Å². The van der Waals surface area contributed by atoms with Crippen molar-refractivity contribution < 1.29 is 0 Å². The number of nitrogens with two attached hydrogens (primary N) is 2. The maximum absolute atomic E-state index is 4.54. The zero-order chi connectivity index (χ0) is 3.41. The van der Waals surface area contributed by atoms with E-state index in [1.807, 2.05) is 11.1 Å². The first kappa shape index (κ1) is 3.84. The van der Waals surface area contributed by atoms with Crippen LogP contribution in [0, 0.1) is 0 Å². The first-order chi connectivity index (χ1) is 1.91. The highest BCUT2D eigenvalue weighted by molar-refractivity contribution is 3.82. The van der Waals surface area contributed by atoms with Gasteiger partial charge in [-0.05, 0) is 0 Å². The Labute approximate surface area is 24.1 Å². The van der Waals surface area contributed by atoms with Gasteiger partial charge in [-0.2, -0.15) is 11.1 Å². The molecule has 0 aliphatic rings. The van der Waals surface area contributed by atoms with E-state index in [0.717, 1.165) is 0 Å². The molecular weight excluding hydrogens is 56.0 g/mol. The molecule has 4 heteroatoms. The molecule has 0 atom stereocenters. The zero-order valence-corrected chi connectivity index (χ0v) is 2.15. The van der Waals surface area contributed by atoms with Crippen LogP contribution in [0.25, 0.3) is 0 Å². The Morgan fingerprint density at radius 2 is 1.25 bits per heavy atom. The number of hydrogen-bond acceptors (Lipinski definition) is 4. The van der Waals surface area contributed by atoms with E-state index in [0.29, 0.717) is 0 Å². The number of hydrazine groups is 3. The molecule has 0 saturated heterocycles. The van der Waals surface area contributed by atoms with Crippen LogP contribution in [0.2, 0.25) is 0 Å². The summed E-state index contributed by atoms with van der Waals surface area (Å²) >= 11 is 0. The highest BCUT2D eigenvalue weighted by atomic mass is 15.6. The molecule has 0 aromatic carbocycles. The lowest BCUT2D eigenvalue weighted by Gasteiger charge is -1.82. The van der Waals surface area contributed by atoms with Gasteiger partial charge in [-0.25, -0.2) is 0 Å². The molecule has 0 aliphatic carbocycles. The van der Waals surface area contributed by atoms with E-state index >= 15 is 0 Å². The highest BCUT2D eigenvalue weighted by Gasteiger charge is 1.42. The van der Waals surface area contributed by atoms with Crippen molar-refractivity contribution in [2.75, 3.05) is 0 Å². The lowest BCUT2D eigenvalue weighted by atomic mass is 12.4. The third-order valence-corrected chi connectivity index (χ3v) is 0.0833. The lowest BCUT2D eigenvalue weighted by Crippen LogP contribution is -2.42. The van der Waals surface area contributed by atoms with Crippen LogP contribution in [-0.4, -0.2) is 0 Å². The normalized spacial score (nSPS) is 7.50. The molecule has 6 N–H and O–H groups in total. The smallest absolute Gasteiger partial charge is 0.183 e. The molecule has 4 nitrogen and oxygen atoms in total. The van der Waals surface area contributed by atoms with E-state index in [4.69, 9.17) is 0 Å². The second-order valence-electron chi connectivity index (χ2n) is 0.289. The molecule has 0 rings (SSSR count). The standard InChI is InChI=1S/H6N4/c1-3-4-2/h3-4H,1-2H2. The molecule has 0 spiro atoms. The summed E-state index contributed by atoms with van der Waals surface area (Å²) in [5.41, 5.74) is 3.92. The summed E-state index contributed by atoms with van der Waals surface area (Å²) in [4.78, 5) is 0. The highest BCUT2D eigenvalue weighted by Crippen LogP contribution is 0.832. The van der Waals surface area contributed by atoms with Crippen molar-refractivity contribution in [3.05, 3.63) is 0 Å². The van der Waals surface area contributed by atoms with Crippen molar-refractivity contribution in [3.8, 4) is 0 Å². The third kappa shape index (κ3) is 1.84. The van der Waals surface area contributed by atoms with Gasteiger partial charge in [-0.1, -0.05) is 0 Å². The van der Waals surface area contributed by atoms with Crippen LogP contribution in [0.1, 0.15) is 0 Å². The number of hydrogen-bond donors (Lipinski definition) is 4. The fraction of sp³-hybridized carbons (Fsp3) is 0. The van der Waals surface area contributed by atoms with Gasteiger partial charge in [0.25, 0.3) is 0 Å². The summed E-state index contributed by atoms with van der Waals surface area (Å²) in [6.07, 6.45) is 0. The molecule has 0 bridgehead atoms. The minimum absolute atomic E-state index is 1.96. The first-order valence-corrected chi connectivity index (χ1v) is 0.827. The van der Waals surface area contributed by atoms with Crippen molar-refractivity contribution in [2.45, 2.75) is 0 Å². The van der Waals surface area contributed by atoms with Gasteiger partial charge in [-0.15, -0.1) is 0 Å². The van der Waals surface area contributed by atoms with Crippen molar-refractivity contribution in [3.63, 3.8) is 0 Å². The van der Waals surface area contributed by atoms with Crippen molar-refractivity contribution in [1.82, 2.24) is 11.1 Å². The van der Waals surface area contributed by atoms with E-state index in [1.165, 1.54) is 0 Å². The summed E-state index contributed by atoms with van der Waals surface area (Å²) in [5, 5.41) is 0. The topological polar surface area (TPSA) is 76.1 Å². The predicted molar refractivity (Wildman–Crippen MR) is 14.6 cm³/mol. The minimum Gasteiger partial charge on any atom is -0.257 e. The molecule has 0 radical (unpaired) electrons. The molecule has 0 fully saturated rings. The third-order valence-electron chi connectivity index (χ3n) is 0.0833. The van der Waals surface area contributed by atoms with Crippen molar-refractivity contribution in [1.29, 1.82) is 0 Å². The quantitative estimate of drug-likeness (QED) is 0.206. The summed E-state index contributed by atoms with van der Waals surface area (Å²) < 4.78 is 0. The average molecular weight is 62.1 g/mol. The Morgan fingerprint density at radius 1 is 1.00 bits per heavy atom. The average Bonchev–Trinajstić information content (AvgIpc) is 1.37. The molecule has 0 amide bonds. The Morgan fingerprint density at radius 3 is 1.25 bits per heavy atom. The van der Waals surface area contributed by atoms with E-state index in [-0.39, 0.29) is 0 Å². The molecule has 4 heavy (non-hydrogen) atoms. The summed E-state index contributed by atoms with van der Waals surface area (Å²) in [6.45, 7) is 0. The molecule has 0 aliphatic heterocycles.